The van der Waals surface area contributed by atoms with Gasteiger partial charge in [-0.2, -0.15) is 0 Å². The van der Waals surface area contributed by atoms with Gasteiger partial charge in [0.1, 0.15) is 5.82 Å². The van der Waals surface area contributed by atoms with Crippen LogP contribution in [0.15, 0.2) is 42.6 Å². The lowest BCUT2D eigenvalue weighted by molar-refractivity contribution is 0.1000. The number of anilines is 2. The number of hydrogen-bond acceptors (Lipinski definition) is 4. The third kappa shape index (κ3) is 2.85. The number of aromatic nitrogens is 1. The van der Waals surface area contributed by atoms with Crippen LogP contribution >= 0.6 is 0 Å². The lowest BCUT2D eigenvalue weighted by atomic mass is 10.2. The average Bonchev–Trinajstić information content (AvgIpc) is 3.11. The van der Waals surface area contributed by atoms with Crippen LogP contribution in [0.5, 0.6) is 0 Å². The summed E-state index contributed by atoms with van der Waals surface area (Å²) in [6.07, 6.45) is 2.55. The number of fused-ring (bicyclic) bond motifs is 1. The molecule has 2 N–H and O–H groups in total. The van der Waals surface area contributed by atoms with E-state index in [1.54, 1.807) is 18.3 Å². The first kappa shape index (κ1) is 16.4. The second-order valence-electron chi connectivity index (χ2n) is 6.53. The van der Waals surface area contributed by atoms with Crippen molar-refractivity contribution in [2.75, 3.05) is 42.5 Å². The van der Waals surface area contributed by atoms with Crippen molar-refractivity contribution < 1.29 is 9.59 Å². The molecule has 0 aliphatic carbocycles. The molecule has 7 heteroatoms. The molecule has 4 rings (SSSR count). The van der Waals surface area contributed by atoms with Crippen LogP contribution < -0.4 is 15.5 Å². The topological polar surface area (TPSA) is 82.8 Å². The minimum atomic E-state index is -0.486. The van der Waals surface area contributed by atoms with Crippen molar-refractivity contribution in [3.05, 3.63) is 53.7 Å². The van der Waals surface area contributed by atoms with E-state index in [0.717, 1.165) is 18.7 Å². The Morgan fingerprint density at radius 2 is 1.73 bits per heavy atom. The van der Waals surface area contributed by atoms with Crippen molar-refractivity contribution in [3.63, 3.8) is 0 Å². The number of nitrogens with zero attached hydrogens (tertiary/aromatic N) is 4. The molecular weight excluding hydrogens is 330 g/mol. The second kappa shape index (κ2) is 6.67. The number of carbonyl (C=O) groups is 2. The van der Waals surface area contributed by atoms with E-state index in [0.29, 0.717) is 37.6 Å². The molecule has 2 aromatic rings. The highest BCUT2D eigenvalue weighted by Crippen LogP contribution is 2.29. The maximum Gasteiger partial charge on any atom is 0.324 e. The summed E-state index contributed by atoms with van der Waals surface area (Å²) in [7, 11) is 0. The molecule has 3 amide bonds. The highest BCUT2D eigenvalue weighted by molar-refractivity contribution is 5.98. The van der Waals surface area contributed by atoms with Crippen molar-refractivity contribution in [2.45, 2.75) is 6.42 Å². The van der Waals surface area contributed by atoms with Crippen LogP contribution in [0.25, 0.3) is 0 Å². The predicted molar refractivity (Wildman–Crippen MR) is 99.4 cm³/mol. The summed E-state index contributed by atoms with van der Waals surface area (Å²) in [5.74, 6) is 0.110. The maximum absolute atomic E-state index is 12.9. The highest BCUT2D eigenvalue weighted by Gasteiger charge is 2.31. The monoisotopic (exact) mass is 351 g/mol. The summed E-state index contributed by atoms with van der Waals surface area (Å²) in [6, 6.07) is 11.5. The third-order valence-electron chi connectivity index (χ3n) is 5.02. The molecule has 7 nitrogen and oxygen atoms in total. The molecule has 26 heavy (non-hydrogen) atoms. The standard InChI is InChI=1S/C19H21N5O2/c20-17(25)15-5-3-8-21-18(15)22-10-12-23(13-11-22)19(26)24-9-7-14-4-1-2-6-16(14)24/h1-6,8H,7,9-13H2,(H2,20,25). The molecule has 0 bridgehead atoms. The van der Waals surface area contributed by atoms with Gasteiger partial charge in [0.05, 0.1) is 5.56 Å². The first-order valence-corrected chi connectivity index (χ1v) is 8.79. The van der Waals surface area contributed by atoms with Gasteiger partial charge in [0.25, 0.3) is 5.91 Å². The van der Waals surface area contributed by atoms with Crippen LogP contribution in [0.4, 0.5) is 16.3 Å². The van der Waals surface area contributed by atoms with E-state index >= 15 is 0 Å². The van der Waals surface area contributed by atoms with Gasteiger partial charge in [-0.3, -0.25) is 9.69 Å². The van der Waals surface area contributed by atoms with E-state index in [2.05, 4.69) is 11.1 Å². The summed E-state index contributed by atoms with van der Waals surface area (Å²) in [6.45, 7) is 3.15. The van der Waals surface area contributed by atoms with E-state index in [1.807, 2.05) is 32.9 Å². The highest BCUT2D eigenvalue weighted by atomic mass is 16.2. The molecule has 2 aliphatic heterocycles. The molecule has 0 saturated carbocycles. The molecule has 1 fully saturated rings. The van der Waals surface area contributed by atoms with Crippen LogP contribution in [0.2, 0.25) is 0 Å². The number of rotatable bonds is 2. The quantitative estimate of drug-likeness (QED) is 0.888. The smallest absolute Gasteiger partial charge is 0.324 e. The van der Waals surface area contributed by atoms with Crippen LogP contribution in [0.1, 0.15) is 15.9 Å². The van der Waals surface area contributed by atoms with Gasteiger partial charge in [-0.05, 0) is 30.2 Å². The van der Waals surface area contributed by atoms with E-state index in [-0.39, 0.29) is 6.03 Å². The Kier molecular flexibility index (Phi) is 4.20. The number of piperazine rings is 1. The molecule has 1 aromatic heterocycles. The fourth-order valence-corrected chi connectivity index (χ4v) is 3.66. The average molecular weight is 351 g/mol. The molecular formula is C19H21N5O2. The van der Waals surface area contributed by atoms with E-state index in [4.69, 9.17) is 5.73 Å². The Labute approximate surface area is 152 Å². The summed E-state index contributed by atoms with van der Waals surface area (Å²) in [5, 5.41) is 0. The van der Waals surface area contributed by atoms with Crippen LogP contribution in [0.3, 0.4) is 0 Å². The first-order chi connectivity index (χ1) is 12.6. The maximum atomic E-state index is 12.9. The van der Waals surface area contributed by atoms with Gasteiger partial charge in [0.2, 0.25) is 0 Å². The van der Waals surface area contributed by atoms with Crippen molar-refractivity contribution in [1.29, 1.82) is 0 Å². The summed E-state index contributed by atoms with van der Waals surface area (Å²) < 4.78 is 0. The normalized spacial score (nSPS) is 16.5. The second-order valence-corrected chi connectivity index (χ2v) is 6.53. The van der Waals surface area contributed by atoms with Gasteiger partial charge in [-0.1, -0.05) is 18.2 Å². The Morgan fingerprint density at radius 1 is 0.962 bits per heavy atom. The molecule has 134 valence electrons. The van der Waals surface area contributed by atoms with Crippen molar-refractivity contribution in [1.82, 2.24) is 9.88 Å². The molecule has 0 unspecified atom stereocenters. The van der Waals surface area contributed by atoms with Crippen LogP contribution in [0, 0.1) is 0 Å². The first-order valence-electron chi connectivity index (χ1n) is 8.79. The Hall–Kier alpha value is -3.09. The van der Waals surface area contributed by atoms with Crippen molar-refractivity contribution in [2.24, 2.45) is 5.73 Å². The minimum Gasteiger partial charge on any atom is -0.365 e. The van der Waals surface area contributed by atoms with Gasteiger partial charge in [-0.25, -0.2) is 9.78 Å². The van der Waals surface area contributed by atoms with Gasteiger partial charge in [-0.15, -0.1) is 0 Å². The zero-order chi connectivity index (χ0) is 18.1. The zero-order valence-electron chi connectivity index (χ0n) is 14.5. The van der Waals surface area contributed by atoms with E-state index < -0.39 is 5.91 Å². The lowest BCUT2D eigenvalue weighted by Crippen LogP contribution is -2.53. The van der Waals surface area contributed by atoms with Gasteiger partial charge >= 0.3 is 6.03 Å². The summed E-state index contributed by atoms with van der Waals surface area (Å²) >= 11 is 0. The molecule has 1 saturated heterocycles. The van der Waals surface area contributed by atoms with Gasteiger partial charge < -0.3 is 15.5 Å². The lowest BCUT2D eigenvalue weighted by Gasteiger charge is -2.37. The molecule has 2 aliphatic rings. The molecule has 3 heterocycles. The molecule has 1 aromatic carbocycles. The molecule has 0 radical (unpaired) electrons. The van der Waals surface area contributed by atoms with Crippen LogP contribution in [-0.2, 0) is 6.42 Å². The number of amides is 3. The van der Waals surface area contributed by atoms with Crippen LogP contribution in [-0.4, -0.2) is 54.5 Å². The number of nitrogens with two attached hydrogens (primary N) is 1. The number of pyridine rings is 1. The fraction of sp³-hybridized carbons (Fsp3) is 0.316. The third-order valence-corrected chi connectivity index (χ3v) is 5.02. The minimum absolute atomic E-state index is 0.0470. The number of hydrogen-bond donors (Lipinski definition) is 1. The van der Waals surface area contributed by atoms with Gasteiger partial charge in [0.15, 0.2) is 0 Å². The Balaban J connectivity index is 1.45. The molecule has 0 spiro atoms. The summed E-state index contributed by atoms with van der Waals surface area (Å²) in [5.41, 5.74) is 8.10. The predicted octanol–water partition coefficient (Wildman–Crippen LogP) is 1.49. The number of benzene rings is 1. The number of primary amides is 1. The number of carbonyl (C=O) groups excluding carboxylic acids is 2. The van der Waals surface area contributed by atoms with E-state index in [9.17, 15) is 9.59 Å². The van der Waals surface area contributed by atoms with Crippen molar-refractivity contribution >= 4 is 23.4 Å². The van der Waals surface area contributed by atoms with Crippen molar-refractivity contribution in [3.8, 4) is 0 Å². The number of urea groups is 1. The fourth-order valence-electron chi connectivity index (χ4n) is 3.66. The summed E-state index contributed by atoms with van der Waals surface area (Å²) in [4.78, 5) is 34.6. The Morgan fingerprint density at radius 3 is 2.50 bits per heavy atom. The largest absolute Gasteiger partial charge is 0.365 e. The zero-order valence-corrected chi connectivity index (χ0v) is 14.5. The van der Waals surface area contributed by atoms with E-state index in [1.165, 1.54) is 5.56 Å². The SMILES string of the molecule is NC(=O)c1cccnc1N1CCN(C(=O)N2CCc3ccccc32)CC1. The number of para-hydroxylation sites is 1. The van der Waals surface area contributed by atoms with Gasteiger partial charge in [0, 0.05) is 44.6 Å². The molecule has 0 atom stereocenters. The Bertz CT molecular complexity index is 845.